The highest BCUT2D eigenvalue weighted by Gasteiger charge is 2.37. The summed E-state index contributed by atoms with van der Waals surface area (Å²) in [6, 6.07) is 0. The Morgan fingerprint density at radius 1 is 1.50 bits per heavy atom. The largest absolute Gasteiger partial charge is 0.469 e. The van der Waals surface area contributed by atoms with Crippen molar-refractivity contribution in [3.63, 3.8) is 0 Å². The molecule has 1 N–H and O–H groups in total. The molecule has 0 spiro atoms. The second-order valence-electron chi connectivity index (χ2n) is 3.86. The van der Waals surface area contributed by atoms with Gasteiger partial charge in [0.1, 0.15) is 0 Å². The Morgan fingerprint density at radius 3 is 2.21 bits per heavy atom. The predicted molar refractivity (Wildman–Crippen MR) is 51.4 cm³/mol. The number of methoxy groups -OCH3 is 1. The molecule has 84 valence electrons. The molecule has 0 aliphatic rings. The molecule has 5 nitrogen and oxygen atoms in total. The number of hydrogen-bond donors (Lipinski definition) is 1. The Morgan fingerprint density at radius 2 is 1.93 bits per heavy atom. The van der Waals surface area contributed by atoms with Crippen molar-refractivity contribution in [3.05, 3.63) is 0 Å². The highest BCUT2D eigenvalue weighted by atomic mass is 32.2. The van der Waals surface area contributed by atoms with Gasteiger partial charge in [0.2, 0.25) is 0 Å². The van der Waals surface area contributed by atoms with Crippen LogP contribution in [0.1, 0.15) is 20.8 Å². The SMILES string of the molecule is COC(=O)C(C)(C)C(C)CS(=O)(=O)O. The molecule has 0 aliphatic heterocycles. The lowest BCUT2D eigenvalue weighted by Crippen LogP contribution is -2.36. The highest BCUT2D eigenvalue weighted by Crippen LogP contribution is 2.28. The average molecular weight is 224 g/mol. The van der Waals surface area contributed by atoms with Crippen LogP contribution in [0, 0.1) is 11.3 Å². The van der Waals surface area contributed by atoms with Gasteiger partial charge < -0.3 is 4.74 Å². The van der Waals surface area contributed by atoms with Gasteiger partial charge in [0.05, 0.1) is 18.3 Å². The minimum absolute atomic E-state index is 0.449. The number of hydrogen-bond acceptors (Lipinski definition) is 4. The van der Waals surface area contributed by atoms with E-state index in [2.05, 4.69) is 4.74 Å². The van der Waals surface area contributed by atoms with Crippen molar-refractivity contribution in [2.24, 2.45) is 11.3 Å². The van der Waals surface area contributed by atoms with Gasteiger partial charge in [-0.1, -0.05) is 6.92 Å². The number of carbonyl (C=O) groups is 1. The first-order valence-corrected chi connectivity index (χ1v) is 5.75. The maximum Gasteiger partial charge on any atom is 0.311 e. The monoisotopic (exact) mass is 224 g/mol. The van der Waals surface area contributed by atoms with Gasteiger partial charge in [-0.05, 0) is 19.8 Å². The van der Waals surface area contributed by atoms with Crippen molar-refractivity contribution in [2.75, 3.05) is 12.9 Å². The minimum Gasteiger partial charge on any atom is -0.469 e. The van der Waals surface area contributed by atoms with Crippen LogP contribution in [0.2, 0.25) is 0 Å². The second kappa shape index (κ2) is 4.27. The van der Waals surface area contributed by atoms with Gasteiger partial charge in [-0.25, -0.2) is 0 Å². The molecule has 0 bridgehead atoms. The summed E-state index contributed by atoms with van der Waals surface area (Å²) in [5.41, 5.74) is -0.926. The van der Waals surface area contributed by atoms with E-state index < -0.39 is 33.2 Å². The Balaban J connectivity index is 4.68. The molecule has 0 fully saturated rings. The third-order valence-corrected chi connectivity index (χ3v) is 3.33. The fourth-order valence-corrected chi connectivity index (χ4v) is 2.04. The third-order valence-electron chi connectivity index (χ3n) is 2.40. The first-order chi connectivity index (χ1) is 6.11. The molecule has 6 heteroatoms. The average Bonchev–Trinajstić information content (AvgIpc) is 1.99. The van der Waals surface area contributed by atoms with E-state index in [9.17, 15) is 13.2 Å². The zero-order valence-electron chi connectivity index (χ0n) is 8.77. The summed E-state index contributed by atoms with van der Waals surface area (Å²) < 4.78 is 34.4. The zero-order valence-corrected chi connectivity index (χ0v) is 9.59. The van der Waals surface area contributed by atoms with Crippen molar-refractivity contribution < 1.29 is 22.5 Å². The van der Waals surface area contributed by atoms with Gasteiger partial charge in [-0.3, -0.25) is 9.35 Å². The van der Waals surface area contributed by atoms with Crippen LogP contribution in [0.3, 0.4) is 0 Å². The van der Waals surface area contributed by atoms with Crippen LogP contribution in [-0.2, 0) is 19.6 Å². The van der Waals surface area contributed by atoms with Crippen LogP contribution >= 0.6 is 0 Å². The maximum absolute atomic E-state index is 11.3. The summed E-state index contributed by atoms with van der Waals surface area (Å²) >= 11 is 0. The van der Waals surface area contributed by atoms with Crippen molar-refractivity contribution in [1.82, 2.24) is 0 Å². The Labute approximate surface area is 84.2 Å². The molecule has 0 aliphatic carbocycles. The van der Waals surface area contributed by atoms with Gasteiger partial charge in [0, 0.05) is 0 Å². The first kappa shape index (κ1) is 13.4. The summed E-state index contributed by atoms with van der Waals surface area (Å²) in [5.74, 6) is -1.45. The third kappa shape index (κ3) is 3.63. The van der Waals surface area contributed by atoms with E-state index in [0.29, 0.717) is 0 Å². The highest BCUT2D eigenvalue weighted by molar-refractivity contribution is 7.85. The van der Waals surface area contributed by atoms with E-state index >= 15 is 0 Å². The molecule has 0 heterocycles. The van der Waals surface area contributed by atoms with Gasteiger partial charge in [-0.15, -0.1) is 0 Å². The van der Waals surface area contributed by atoms with Crippen LogP contribution in [0.25, 0.3) is 0 Å². The quantitative estimate of drug-likeness (QED) is 0.562. The molecule has 0 saturated heterocycles. The smallest absolute Gasteiger partial charge is 0.311 e. The number of esters is 1. The fraction of sp³-hybridized carbons (Fsp3) is 0.875. The lowest BCUT2D eigenvalue weighted by molar-refractivity contribution is -0.153. The summed E-state index contributed by atoms with van der Waals surface area (Å²) in [6.07, 6.45) is 0. The normalized spacial score (nSPS) is 14.9. The summed E-state index contributed by atoms with van der Waals surface area (Å²) in [6.45, 7) is 4.73. The second-order valence-corrected chi connectivity index (χ2v) is 5.36. The topological polar surface area (TPSA) is 80.7 Å². The van der Waals surface area contributed by atoms with Gasteiger partial charge in [0.15, 0.2) is 0 Å². The Kier molecular flexibility index (Phi) is 4.08. The molecule has 0 aromatic carbocycles. The molecule has 1 atom stereocenters. The molecule has 1 unspecified atom stereocenters. The van der Waals surface area contributed by atoms with Crippen molar-refractivity contribution in [3.8, 4) is 0 Å². The molecular formula is C8H16O5S. The van der Waals surface area contributed by atoms with E-state index in [-0.39, 0.29) is 0 Å². The predicted octanol–water partition coefficient (Wildman–Crippen LogP) is 0.710. The molecule has 14 heavy (non-hydrogen) atoms. The lowest BCUT2D eigenvalue weighted by atomic mass is 9.81. The molecule has 0 rings (SSSR count). The van der Waals surface area contributed by atoms with Crippen LogP contribution in [-0.4, -0.2) is 31.8 Å². The number of rotatable bonds is 4. The standard InChI is InChI=1S/C8H16O5S/c1-6(5-14(10,11)12)8(2,3)7(9)13-4/h6H,5H2,1-4H3,(H,10,11,12). The first-order valence-electron chi connectivity index (χ1n) is 4.15. The van der Waals surface area contributed by atoms with Crippen molar-refractivity contribution in [2.45, 2.75) is 20.8 Å². The number of carbonyl (C=O) groups excluding carboxylic acids is 1. The molecule has 0 saturated carbocycles. The molecule has 0 aromatic rings. The van der Waals surface area contributed by atoms with E-state index in [1.165, 1.54) is 7.11 Å². The fourth-order valence-electron chi connectivity index (χ4n) is 0.988. The van der Waals surface area contributed by atoms with Crippen molar-refractivity contribution >= 4 is 16.1 Å². The lowest BCUT2D eigenvalue weighted by Gasteiger charge is -2.27. The van der Waals surface area contributed by atoms with Gasteiger partial charge in [0.25, 0.3) is 10.1 Å². The molecule has 0 aromatic heterocycles. The number of ether oxygens (including phenoxy) is 1. The van der Waals surface area contributed by atoms with Crippen LogP contribution in [0.4, 0.5) is 0 Å². The van der Waals surface area contributed by atoms with Gasteiger partial charge >= 0.3 is 5.97 Å². The van der Waals surface area contributed by atoms with E-state index in [1.54, 1.807) is 20.8 Å². The summed E-state index contributed by atoms with van der Waals surface area (Å²) in [5, 5.41) is 0. The minimum atomic E-state index is -4.06. The van der Waals surface area contributed by atoms with E-state index in [1.807, 2.05) is 0 Å². The maximum atomic E-state index is 11.3. The summed E-state index contributed by atoms with van der Waals surface area (Å²) in [7, 11) is -2.82. The molecule has 0 radical (unpaired) electrons. The van der Waals surface area contributed by atoms with E-state index in [0.717, 1.165) is 0 Å². The Bertz CT molecular complexity index is 304. The zero-order chi connectivity index (χ0) is 11.6. The van der Waals surface area contributed by atoms with Gasteiger partial charge in [-0.2, -0.15) is 8.42 Å². The van der Waals surface area contributed by atoms with Crippen molar-refractivity contribution in [1.29, 1.82) is 0 Å². The van der Waals surface area contributed by atoms with Crippen LogP contribution in [0.5, 0.6) is 0 Å². The Hall–Kier alpha value is -0.620. The molecular weight excluding hydrogens is 208 g/mol. The van der Waals surface area contributed by atoms with Crippen LogP contribution < -0.4 is 0 Å². The summed E-state index contributed by atoms with van der Waals surface area (Å²) in [4.78, 5) is 11.3. The molecule has 0 amide bonds. The van der Waals surface area contributed by atoms with E-state index in [4.69, 9.17) is 4.55 Å². The van der Waals surface area contributed by atoms with Crippen LogP contribution in [0.15, 0.2) is 0 Å².